The normalized spacial score (nSPS) is 13.7. The molecular weight excluding hydrogens is 360 g/mol. The van der Waals surface area contributed by atoms with E-state index in [0.717, 1.165) is 36.9 Å². The molecule has 0 saturated carbocycles. The van der Waals surface area contributed by atoms with Gasteiger partial charge in [-0.05, 0) is 62.3 Å². The number of aliphatic hydroxyl groups excluding tert-OH is 1. The van der Waals surface area contributed by atoms with Gasteiger partial charge >= 0.3 is 0 Å². The van der Waals surface area contributed by atoms with Crippen molar-refractivity contribution >= 4 is 10.0 Å². The number of aromatic nitrogens is 1. The Morgan fingerprint density at radius 3 is 2.33 bits per heavy atom. The molecule has 2 N–H and O–H groups in total. The molecule has 0 amide bonds. The van der Waals surface area contributed by atoms with Crippen LogP contribution in [0.15, 0.2) is 47.6 Å². The number of nitrogens with one attached hydrogen (secondary N) is 1. The zero-order valence-electron chi connectivity index (χ0n) is 16.8. The fourth-order valence-corrected chi connectivity index (χ4v) is 4.50. The maximum atomic E-state index is 12.8. The molecule has 0 saturated heterocycles. The van der Waals surface area contributed by atoms with Crippen molar-refractivity contribution in [2.75, 3.05) is 13.2 Å². The average Bonchev–Trinajstić information content (AvgIpc) is 3.16. The van der Waals surface area contributed by atoms with Gasteiger partial charge < -0.3 is 10.4 Å². The Bertz CT molecular complexity index is 821. The first-order valence-electron chi connectivity index (χ1n) is 9.62. The van der Waals surface area contributed by atoms with Gasteiger partial charge in [-0.15, -0.1) is 0 Å². The molecule has 0 bridgehead atoms. The van der Waals surface area contributed by atoms with Crippen molar-refractivity contribution in [2.24, 2.45) is 5.41 Å². The maximum Gasteiger partial charge on any atom is 0.267 e. The van der Waals surface area contributed by atoms with Crippen LogP contribution in [0.25, 0.3) is 0 Å². The molecule has 2 rings (SSSR count). The molecule has 1 unspecified atom stereocenters. The first-order chi connectivity index (χ1) is 12.8. The quantitative estimate of drug-likeness (QED) is 0.644. The van der Waals surface area contributed by atoms with Gasteiger partial charge in [-0.3, -0.25) is 0 Å². The Hall–Kier alpha value is -1.63. The second-order valence-corrected chi connectivity index (χ2v) is 9.22. The Balaban J connectivity index is 2.13. The minimum Gasteiger partial charge on any atom is -0.396 e. The van der Waals surface area contributed by atoms with Gasteiger partial charge in [-0.25, -0.2) is 12.4 Å². The van der Waals surface area contributed by atoms with Crippen LogP contribution in [0.1, 0.15) is 57.2 Å². The Morgan fingerprint density at radius 2 is 1.78 bits per heavy atom. The van der Waals surface area contributed by atoms with Gasteiger partial charge in [0.15, 0.2) is 0 Å². The number of aliphatic hydroxyl groups is 1. The van der Waals surface area contributed by atoms with E-state index in [-0.39, 0.29) is 23.0 Å². The van der Waals surface area contributed by atoms with E-state index in [1.54, 1.807) is 36.7 Å². The lowest BCUT2D eigenvalue weighted by Crippen LogP contribution is -2.35. The number of hydrogen-bond acceptors (Lipinski definition) is 4. The summed E-state index contributed by atoms with van der Waals surface area (Å²) in [6, 6.07) is 8.75. The van der Waals surface area contributed by atoms with Crippen molar-refractivity contribution in [1.82, 2.24) is 9.29 Å². The SMILES string of the molecule is CCC(CC)(CCO)CNC(C)c1ccn(S(=O)(=O)c2ccc(C)cc2)c1. The molecule has 6 heteroatoms. The van der Waals surface area contributed by atoms with E-state index in [2.05, 4.69) is 19.2 Å². The summed E-state index contributed by atoms with van der Waals surface area (Å²) in [6.07, 6.45) is 6.03. The molecule has 1 atom stereocenters. The van der Waals surface area contributed by atoms with Crippen molar-refractivity contribution in [3.05, 3.63) is 53.9 Å². The van der Waals surface area contributed by atoms with E-state index in [9.17, 15) is 13.5 Å². The van der Waals surface area contributed by atoms with Gasteiger partial charge in [0.25, 0.3) is 10.0 Å². The molecule has 0 radical (unpaired) electrons. The van der Waals surface area contributed by atoms with E-state index >= 15 is 0 Å². The minimum atomic E-state index is -3.57. The largest absolute Gasteiger partial charge is 0.396 e. The van der Waals surface area contributed by atoms with Crippen LogP contribution in [0, 0.1) is 12.3 Å². The van der Waals surface area contributed by atoms with Gasteiger partial charge in [0, 0.05) is 31.6 Å². The second kappa shape index (κ2) is 9.04. The summed E-state index contributed by atoms with van der Waals surface area (Å²) in [5, 5.41) is 12.9. The highest BCUT2D eigenvalue weighted by Crippen LogP contribution is 2.30. The Labute approximate surface area is 163 Å². The molecule has 0 fully saturated rings. The van der Waals surface area contributed by atoms with Gasteiger partial charge in [0.1, 0.15) is 0 Å². The number of nitrogens with zero attached hydrogens (tertiary/aromatic N) is 1. The van der Waals surface area contributed by atoms with Gasteiger partial charge in [0.2, 0.25) is 0 Å². The van der Waals surface area contributed by atoms with Crippen LogP contribution >= 0.6 is 0 Å². The van der Waals surface area contributed by atoms with Gasteiger partial charge in [0.05, 0.1) is 4.90 Å². The fourth-order valence-electron chi connectivity index (χ4n) is 3.30. The summed E-state index contributed by atoms with van der Waals surface area (Å²) >= 11 is 0. The summed E-state index contributed by atoms with van der Waals surface area (Å²) < 4.78 is 26.9. The molecule has 1 heterocycles. The van der Waals surface area contributed by atoms with Crippen molar-refractivity contribution < 1.29 is 13.5 Å². The zero-order valence-corrected chi connectivity index (χ0v) is 17.6. The maximum absolute atomic E-state index is 12.8. The van der Waals surface area contributed by atoms with E-state index in [1.807, 2.05) is 19.9 Å². The Kier molecular flexibility index (Phi) is 7.25. The van der Waals surface area contributed by atoms with E-state index < -0.39 is 10.0 Å². The van der Waals surface area contributed by atoms with Crippen LogP contribution in [-0.2, 0) is 10.0 Å². The summed E-state index contributed by atoms with van der Waals surface area (Å²) in [5.74, 6) is 0. The summed E-state index contributed by atoms with van der Waals surface area (Å²) in [7, 11) is -3.57. The predicted molar refractivity (Wildman–Crippen MR) is 109 cm³/mol. The van der Waals surface area contributed by atoms with Gasteiger partial charge in [-0.1, -0.05) is 31.5 Å². The van der Waals surface area contributed by atoms with E-state index in [1.165, 1.54) is 3.97 Å². The molecule has 27 heavy (non-hydrogen) atoms. The zero-order chi connectivity index (χ0) is 20.1. The molecule has 2 aromatic rings. The molecule has 150 valence electrons. The first-order valence-corrected chi connectivity index (χ1v) is 11.1. The monoisotopic (exact) mass is 392 g/mol. The summed E-state index contributed by atoms with van der Waals surface area (Å²) in [5.41, 5.74) is 2.02. The number of rotatable bonds is 10. The number of hydrogen-bond donors (Lipinski definition) is 2. The molecule has 5 nitrogen and oxygen atoms in total. The molecule has 0 spiro atoms. The van der Waals surface area contributed by atoms with Crippen molar-refractivity contribution in [3.63, 3.8) is 0 Å². The number of aryl methyl sites for hydroxylation is 1. The lowest BCUT2D eigenvalue weighted by atomic mass is 9.79. The predicted octanol–water partition coefficient (Wildman–Crippen LogP) is 3.87. The molecule has 1 aromatic carbocycles. The smallest absolute Gasteiger partial charge is 0.267 e. The van der Waals surface area contributed by atoms with Crippen LogP contribution in [0.5, 0.6) is 0 Å². The van der Waals surface area contributed by atoms with Gasteiger partial charge in [-0.2, -0.15) is 0 Å². The van der Waals surface area contributed by atoms with E-state index in [4.69, 9.17) is 0 Å². The summed E-state index contributed by atoms with van der Waals surface area (Å²) in [4.78, 5) is 0.287. The first kappa shape index (κ1) is 21.7. The van der Waals surface area contributed by atoms with Crippen molar-refractivity contribution in [1.29, 1.82) is 0 Å². The third-order valence-corrected chi connectivity index (χ3v) is 7.36. The lowest BCUT2D eigenvalue weighted by molar-refractivity contribution is 0.160. The third kappa shape index (κ3) is 5.00. The number of benzene rings is 1. The molecular formula is C21H32N2O3S. The molecule has 1 aromatic heterocycles. The van der Waals surface area contributed by atoms with Crippen LogP contribution in [-0.4, -0.2) is 30.6 Å². The Morgan fingerprint density at radius 1 is 1.15 bits per heavy atom. The summed E-state index contributed by atoms with van der Waals surface area (Å²) in [6.45, 7) is 9.24. The molecule has 0 aliphatic carbocycles. The van der Waals surface area contributed by atoms with Crippen molar-refractivity contribution in [2.45, 2.75) is 57.9 Å². The highest BCUT2D eigenvalue weighted by molar-refractivity contribution is 7.90. The van der Waals surface area contributed by atoms with Crippen LogP contribution in [0.2, 0.25) is 0 Å². The van der Waals surface area contributed by atoms with Crippen LogP contribution in [0.3, 0.4) is 0 Å². The third-order valence-electron chi connectivity index (χ3n) is 5.71. The van der Waals surface area contributed by atoms with Crippen LogP contribution in [0.4, 0.5) is 0 Å². The van der Waals surface area contributed by atoms with E-state index in [0.29, 0.717) is 0 Å². The van der Waals surface area contributed by atoms with Crippen LogP contribution < -0.4 is 5.32 Å². The topological polar surface area (TPSA) is 71.3 Å². The highest BCUT2D eigenvalue weighted by Gasteiger charge is 2.26. The van der Waals surface area contributed by atoms with Crippen molar-refractivity contribution in [3.8, 4) is 0 Å². The highest BCUT2D eigenvalue weighted by atomic mass is 32.2. The minimum absolute atomic E-state index is 0.0237. The molecule has 0 aliphatic rings. The average molecular weight is 393 g/mol. The molecule has 0 aliphatic heterocycles. The lowest BCUT2D eigenvalue weighted by Gasteiger charge is -2.32. The standard InChI is InChI=1S/C21H32N2O3S/c1-5-21(6-2,12-14-24)16-22-18(4)19-11-13-23(15-19)27(25,26)20-9-7-17(3)8-10-20/h7-11,13,15,18,22,24H,5-6,12,14,16H2,1-4H3. The second-order valence-electron chi connectivity index (χ2n) is 7.38. The fraction of sp³-hybridized carbons (Fsp3) is 0.524.